The molecule has 7 nitrogen and oxygen atoms in total. The molecule has 0 aliphatic heterocycles. The number of thiophene rings is 1. The van der Waals surface area contributed by atoms with E-state index in [0.29, 0.717) is 5.56 Å². The summed E-state index contributed by atoms with van der Waals surface area (Å²) in [4.78, 5) is 11.9. The number of aromatic hydroxyl groups is 1. The van der Waals surface area contributed by atoms with Crippen LogP contribution in [0, 0.1) is 0 Å². The highest BCUT2D eigenvalue weighted by Crippen LogP contribution is 2.23. The minimum atomic E-state index is -3.88. The Bertz CT molecular complexity index is 1030. The number of carbonyl (C=O) groups is 1. The van der Waals surface area contributed by atoms with Gasteiger partial charge < -0.3 is 5.11 Å². The molecule has 136 valence electrons. The highest BCUT2D eigenvalue weighted by molar-refractivity contribution is 7.88. The fraction of sp³-hybridized carbons (Fsp3) is 0.118. The summed E-state index contributed by atoms with van der Waals surface area (Å²) in [7, 11) is -3.88. The number of rotatable bonds is 6. The van der Waals surface area contributed by atoms with Gasteiger partial charge in [-0.05, 0) is 52.2 Å². The quantitative estimate of drug-likeness (QED) is 0.379. The van der Waals surface area contributed by atoms with E-state index >= 15 is 0 Å². The second-order valence-corrected chi connectivity index (χ2v) is 8.37. The number of carbonyl (C=O) groups excluding carboxylic acids is 1. The molecule has 3 rings (SSSR count). The van der Waals surface area contributed by atoms with Crippen molar-refractivity contribution in [2.24, 2.45) is 0 Å². The molecule has 3 aromatic rings. The molecule has 4 N–H and O–H groups in total. The maximum atomic E-state index is 12.5. The molecule has 1 aromatic heterocycles. The average Bonchev–Trinajstić information content (AvgIpc) is 3.07. The predicted octanol–water partition coefficient (Wildman–Crippen LogP) is 2.27. The molecule has 1 heterocycles. The fourth-order valence-electron chi connectivity index (χ4n) is 2.55. The van der Waals surface area contributed by atoms with Gasteiger partial charge >= 0.3 is 0 Å². The third-order valence-electron chi connectivity index (χ3n) is 3.77. The molecule has 0 spiro atoms. The van der Waals surface area contributed by atoms with Crippen molar-refractivity contribution >= 4 is 37.4 Å². The van der Waals surface area contributed by atoms with E-state index in [0.717, 1.165) is 10.1 Å². The van der Waals surface area contributed by atoms with Gasteiger partial charge in [-0.2, -0.15) is 4.72 Å². The number of hydrogen-bond acceptors (Lipinski definition) is 6. The topological polar surface area (TPSA) is 116 Å². The van der Waals surface area contributed by atoms with Crippen molar-refractivity contribution in [2.75, 3.05) is 0 Å². The minimum absolute atomic E-state index is 0.0242. The van der Waals surface area contributed by atoms with Crippen LogP contribution < -0.4 is 10.2 Å². The van der Waals surface area contributed by atoms with Gasteiger partial charge in [-0.3, -0.25) is 10.0 Å². The Labute approximate surface area is 153 Å². The number of amides is 1. The molecule has 0 unspecified atom stereocenters. The number of fused-ring (bicyclic) bond motifs is 1. The van der Waals surface area contributed by atoms with Gasteiger partial charge in [-0.15, -0.1) is 11.3 Å². The van der Waals surface area contributed by atoms with Crippen LogP contribution in [0.5, 0.6) is 5.75 Å². The Morgan fingerprint density at radius 3 is 2.54 bits per heavy atom. The summed E-state index contributed by atoms with van der Waals surface area (Å²) in [6.45, 7) is 0. The first-order chi connectivity index (χ1) is 12.4. The van der Waals surface area contributed by atoms with E-state index in [4.69, 9.17) is 5.21 Å². The van der Waals surface area contributed by atoms with Crippen molar-refractivity contribution < 1.29 is 23.5 Å². The van der Waals surface area contributed by atoms with Crippen LogP contribution in [0.4, 0.5) is 0 Å². The van der Waals surface area contributed by atoms with E-state index in [-0.39, 0.29) is 17.1 Å². The average molecular weight is 392 g/mol. The zero-order chi connectivity index (χ0) is 18.7. The number of sulfonamides is 1. The largest absolute Gasteiger partial charge is 0.508 e. The molecule has 9 heteroatoms. The van der Waals surface area contributed by atoms with Gasteiger partial charge in [0, 0.05) is 4.70 Å². The fourth-order valence-corrected chi connectivity index (χ4v) is 4.63. The minimum Gasteiger partial charge on any atom is -0.508 e. The molecule has 1 atom stereocenters. The number of nitrogens with one attached hydrogen (secondary N) is 2. The summed E-state index contributed by atoms with van der Waals surface area (Å²) < 4.78 is 28.4. The number of phenols is 1. The molecule has 0 radical (unpaired) electrons. The molecular weight excluding hydrogens is 376 g/mol. The normalized spacial score (nSPS) is 12.8. The zero-order valence-electron chi connectivity index (χ0n) is 13.4. The summed E-state index contributed by atoms with van der Waals surface area (Å²) in [5, 5.41) is 21.1. The van der Waals surface area contributed by atoms with Crippen LogP contribution in [-0.4, -0.2) is 24.6 Å². The molecule has 0 fully saturated rings. The lowest BCUT2D eigenvalue weighted by Crippen LogP contribution is -2.39. The lowest BCUT2D eigenvalue weighted by molar-refractivity contribution is -0.131. The second kappa shape index (κ2) is 7.42. The van der Waals surface area contributed by atoms with Crippen molar-refractivity contribution in [2.45, 2.75) is 11.8 Å². The summed E-state index contributed by atoms with van der Waals surface area (Å²) >= 11 is 1.56. The third-order valence-corrected chi connectivity index (χ3v) is 5.98. The molecule has 0 aliphatic carbocycles. The van der Waals surface area contributed by atoms with Crippen molar-refractivity contribution in [3.05, 3.63) is 65.0 Å². The summed E-state index contributed by atoms with van der Waals surface area (Å²) in [5.41, 5.74) is 2.32. The van der Waals surface area contributed by atoms with Gasteiger partial charge in [0.25, 0.3) is 5.91 Å². The van der Waals surface area contributed by atoms with Crippen LogP contribution >= 0.6 is 11.3 Å². The summed E-state index contributed by atoms with van der Waals surface area (Å²) in [6.07, 6.45) is 0. The standard InChI is InChI=1S/C17H16N2O5S2/c20-14-4-2-12(3-5-14)16(17(21)18-22)19-26(23,24)10-11-1-6-15-13(9-11)7-8-25-15/h1-9,16,19-20,22H,10H2,(H,18,21)/t16-/m1/s1. The third kappa shape index (κ3) is 4.20. The molecule has 2 aromatic carbocycles. The molecular formula is C17H16N2O5S2. The zero-order valence-corrected chi connectivity index (χ0v) is 15.0. The van der Waals surface area contributed by atoms with Crippen LogP contribution in [-0.2, 0) is 20.6 Å². The van der Waals surface area contributed by atoms with Crippen LogP contribution in [0.3, 0.4) is 0 Å². The van der Waals surface area contributed by atoms with Crippen molar-refractivity contribution in [1.82, 2.24) is 10.2 Å². The first-order valence-electron chi connectivity index (χ1n) is 7.57. The first-order valence-corrected chi connectivity index (χ1v) is 10.1. The van der Waals surface area contributed by atoms with Gasteiger partial charge in [0.2, 0.25) is 10.0 Å². The maximum Gasteiger partial charge on any atom is 0.266 e. The number of hydrogen-bond donors (Lipinski definition) is 4. The highest BCUT2D eigenvalue weighted by Gasteiger charge is 2.26. The smallest absolute Gasteiger partial charge is 0.266 e. The van der Waals surface area contributed by atoms with E-state index in [1.54, 1.807) is 23.5 Å². The monoisotopic (exact) mass is 392 g/mol. The van der Waals surface area contributed by atoms with E-state index in [1.165, 1.54) is 29.7 Å². The van der Waals surface area contributed by atoms with Gasteiger partial charge in [-0.25, -0.2) is 13.9 Å². The van der Waals surface area contributed by atoms with Crippen LogP contribution in [0.2, 0.25) is 0 Å². The number of benzene rings is 2. The van der Waals surface area contributed by atoms with Crippen molar-refractivity contribution in [3.63, 3.8) is 0 Å². The first kappa shape index (κ1) is 18.3. The highest BCUT2D eigenvalue weighted by atomic mass is 32.2. The lowest BCUT2D eigenvalue weighted by atomic mass is 10.1. The van der Waals surface area contributed by atoms with E-state index < -0.39 is 22.0 Å². The Kier molecular flexibility index (Phi) is 5.23. The molecule has 0 aliphatic rings. The molecule has 26 heavy (non-hydrogen) atoms. The van der Waals surface area contributed by atoms with Crippen LogP contribution in [0.1, 0.15) is 17.2 Å². The Hall–Kier alpha value is -2.46. The maximum absolute atomic E-state index is 12.5. The Balaban J connectivity index is 1.84. The molecule has 0 saturated carbocycles. The second-order valence-electron chi connectivity index (χ2n) is 5.67. The summed E-state index contributed by atoms with van der Waals surface area (Å²) in [6, 6.07) is 11.4. The summed E-state index contributed by atoms with van der Waals surface area (Å²) in [5.74, 6) is -1.26. The lowest BCUT2D eigenvalue weighted by Gasteiger charge is -2.17. The van der Waals surface area contributed by atoms with Crippen molar-refractivity contribution in [1.29, 1.82) is 0 Å². The van der Waals surface area contributed by atoms with Crippen LogP contribution in [0.25, 0.3) is 10.1 Å². The Morgan fingerprint density at radius 2 is 1.85 bits per heavy atom. The number of hydroxylamine groups is 1. The van der Waals surface area contributed by atoms with Gasteiger partial charge in [0.15, 0.2) is 0 Å². The Morgan fingerprint density at radius 1 is 1.12 bits per heavy atom. The van der Waals surface area contributed by atoms with Gasteiger partial charge in [-0.1, -0.05) is 18.2 Å². The SMILES string of the molecule is O=C(NO)[C@H](NS(=O)(=O)Cc1ccc2sccc2c1)c1ccc(O)cc1. The van der Waals surface area contributed by atoms with Crippen molar-refractivity contribution in [3.8, 4) is 5.75 Å². The number of phenolic OH excluding ortho intramolecular Hbond substituents is 1. The van der Waals surface area contributed by atoms with Crippen LogP contribution in [0.15, 0.2) is 53.9 Å². The van der Waals surface area contributed by atoms with E-state index in [1.807, 2.05) is 17.5 Å². The van der Waals surface area contributed by atoms with E-state index in [2.05, 4.69) is 4.72 Å². The molecule has 0 saturated heterocycles. The van der Waals surface area contributed by atoms with Gasteiger partial charge in [0.1, 0.15) is 11.8 Å². The molecule has 0 bridgehead atoms. The van der Waals surface area contributed by atoms with Gasteiger partial charge in [0.05, 0.1) is 5.75 Å². The van der Waals surface area contributed by atoms with E-state index in [9.17, 15) is 18.3 Å². The molecule has 1 amide bonds. The predicted molar refractivity (Wildman–Crippen MR) is 98.4 cm³/mol.